The van der Waals surface area contributed by atoms with E-state index in [0.29, 0.717) is 11.3 Å². The number of nitrogens with one attached hydrogen (secondary N) is 2. The average Bonchev–Trinajstić information content (AvgIpc) is 3.25. The monoisotopic (exact) mass is 370 g/mol. The molecular formula is C22H18N4O2. The van der Waals surface area contributed by atoms with Gasteiger partial charge in [0.2, 0.25) is 0 Å². The van der Waals surface area contributed by atoms with E-state index in [2.05, 4.69) is 20.5 Å². The van der Waals surface area contributed by atoms with E-state index < -0.39 is 0 Å². The normalized spacial score (nSPS) is 10.5. The van der Waals surface area contributed by atoms with Crippen molar-refractivity contribution in [2.45, 2.75) is 0 Å². The van der Waals surface area contributed by atoms with Gasteiger partial charge in [-0.15, -0.1) is 0 Å². The van der Waals surface area contributed by atoms with Crippen molar-refractivity contribution in [3.8, 4) is 28.1 Å². The summed E-state index contributed by atoms with van der Waals surface area (Å²) in [6, 6.07) is 18.5. The van der Waals surface area contributed by atoms with Crippen LogP contribution in [0.15, 0.2) is 79.3 Å². The molecule has 28 heavy (non-hydrogen) atoms. The van der Waals surface area contributed by atoms with E-state index in [1.165, 1.54) is 0 Å². The van der Waals surface area contributed by atoms with Crippen molar-refractivity contribution in [3.05, 3.63) is 84.8 Å². The zero-order valence-corrected chi connectivity index (χ0v) is 15.2. The Balaban J connectivity index is 1.60. The number of nitrogens with zero attached hydrogens (tertiary/aromatic N) is 2. The molecule has 0 saturated carbocycles. The Hall–Kier alpha value is -3.93. The van der Waals surface area contributed by atoms with Gasteiger partial charge in [0.25, 0.3) is 5.91 Å². The fourth-order valence-electron chi connectivity index (χ4n) is 2.95. The number of aromatic nitrogens is 3. The molecule has 0 aliphatic heterocycles. The Bertz CT molecular complexity index is 1090. The number of pyridine rings is 1. The predicted molar refractivity (Wildman–Crippen MR) is 108 cm³/mol. The lowest BCUT2D eigenvalue weighted by molar-refractivity contribution is 0.102. The van der Waals surface area contributed by atoms with Crippen LogP contribution in [-0.2, 0) is 0 Å². The molecule has 0 unspecified atom stereocenters. The van der Waals surface area contributed by atoms with Gasteiger partial charge < -0.3 is 10.1 Å². The fraction of sp³-hybridized carbons (Fsp3) is 0.0455. The highest BCUT2D eigenvalue weighted by molar-refractivity contribution is 6.05. The first-order valence-electron chi connectivity index (χ1n) is 8.74. The minimum atomic E-state index is -0.187. The maximum absolute atomic E-state index is 12.7. The van der Waals surface area contributed by atoms with E-state index in [-0.39, 0.29) is 5.91 Å². The number of carbonyl (C=O) groups excluding carboxylic acids is 1. The standard InChI is InChI=1S/C22H18N4O2/c1-28-19-7-5-18(6-8-19)25-22(27)17-4-2-3-16(13-17)21-20(14-24-26-21)15-9-11-23-12-10-15/h2-14H,1H3,(H,24,26)(H,25,27). The molecule has 1 amide bonds. The maximum Gasteiger partial charge on any atom is 0.255 e. The minimum absolute atomic E-state index is 0.187. The second kappa shape index (κ2) is 7.75. The number of amides is 1. The van der Waals surface area contributed by atoms with Crippen molar-refractivity contribution in [2.24, 2.45) is 0 Å². The molecule has 0 fully saturated rings. The molecule has 4 aromatic rings. The molecule has 0 atom stereocenters. The molecule has 6 heteroatoms. The summed E-state index contributed by atoms with van der Waals surface area (Å²) in [5.41, 5.74) is 4.85. The van der Waals surface area contributed by atoms with E-state index in [4.69, 9.17) is 4.74 Å². The third kappa shape index (κ3) is 3.61. The number of methoxy groups -OCH3 is 1. The number of H-pyrrole nitrogens is 1. The summed E-state index contributed by atoms with van der Waals surface area (Å²) in [6.45, 7) is 0. The van der Waals surface area contributed by atoms with Gasteiger partial charge in [-0.05, 0) is 54.1 Å². The van der Waals surface area contributed by atoms with Crippen molar-refractivity contribution in [1.82, 2.24) is 15.2 Å². The van der Waals surface area contributed by atoms with Gasteiger partial charge in [0.15, 0.2) is 0 Å². The predicted octanol–water partition coefficient (Wildman–Crippen LogP) is 4.40. The maximum atomic E-state index is 12.7. The van der Waals surface area contributed by atoms with E-state index in [0.717, 1.165) is 28.1 Å². The van der Waals surface area contributed by atoms with Crippen LogP contribution in [0.25, 0.3) is 22.4 Å². The van der Waals surface area contributed by atoms with Gasteiger partial charge in [-0.1, -0.05) is 12.1 Å². The van der Waals surface area contributed by atoms with Crippen LogP contribution in [0.2, 0.25) is 0 Å². The number of rotatable bonds is 5. The number of carbonyl (C=O) groups is 1. The number of hydrogen-bond acceptors (Lipinski definition) is 4. The lowest BCUT2D eigenvalue weighted by Crippen LogP contribution is -2.11. The molecule has 2 N–H and O–H groups in total. The van der Waals surface area contributed by atoms with Gasteiger partial charge in [-0.3, -0.25) is 14.9 Å². The zero-order valence-electron chi connectivity index (χ0n) is 15.2. The molecule has 0 saturated heterocycles. The smallest absolute Gasteiger partial charge is 0.255 e. The van der Waals surface area contributed by atoms with Crippen LogP contribution in [0.1, 0.15) is 10.4 Å². The Morgan fingerprint density at radius 1 is 1.00 bits per heavy atom. The Morgan fingerprint density at radius 3 is 2.54 bits per heavy atom. The summed E-state index contributed by atoms with van der Waals surface area (Å²) in [6.07, 6.45) is 5.32. The third-order valence-corrected chi connectivity index (χ3v) is 4.38. The summed E-state index contributed by atoms with van der Waals surface area (Å²) in [7, 11) is 1.61. The molecule has 0 spiro atoms. The van der Waals surface area contributed by atoms with Crippen molar-refractivity contribution < 1.29 is 9.53 Å². The molecule has 138 valence electrons. The minimum Gasteiger partial charge on any atom is -0.497 e. The highest BCUT2D eigenvalue weighted by atomic mass is 16.5. The van der Waals surface area contributed by atoms with Crippen LogP contribution in [0, 0.1) is 0 Å². The van der Waals surface area contributed by atoms with Crippen LogP contribution < -0.4 is 10.1 Å². The Labute approximate surface area is 162 Å². The summed E-state index contributed by atoms with van der Waals surface area (Å²) in [5, 5.41) is 10.2. The quantitative estimate of drug-likeness (QED) is 0.546. The number of ether oxygens (including phenoxy) is 1. The van der Waals surface area contributed by atoms with Gasteiger partial charge in [-0.2, -0.15) is 5.10 Å². The molecule has 4 rings (SSSR count). The number of anilines is 1. The van der Waals surface area contributed by atoms with Crippen molar-refractivity contribution in [1.29, 1.82) is 0 Å². The molecule has 2 aromatic heterocycles. The first-order chi connectivity index (χ1) is 13.7. The van der Waals surface area contributed by atoms with Crippen LogP contribution >= 0.6 is 0 Å². The number of benzene rings is 2. The van der Waals surface area contributed by atoms with E-state index in [1.807, 2.05) is 36.5 Å². The van der Waals surface area contributed by atoms with Crippen LogP contribution in [0.4, 0.5) is 5.69 Å². The molecule has 2 heterocycles. The average molecular weight is 370 g/mol. The molecular weight excluding hydrogens is 352 g/mol. The summed E-state index contributed by atoms with van der Waals surface area (Å²) in [4.78, 5) is 16.7. The summed E-state index contributed by atoms with van der Waals surface area (Å²) < 4.78 is 5.14. The van der Waals surface area contributed by atoms with Gasteiger partial charge in [0.1, 0.15) is 5.75 Å². The highest BCUT2D eigenvalue weighted by Gasteiger charge is 2.13. The highest BCUT2D eigenvalue weighted by Crippen LogP contribution is 2.30. The summed E-state index contributed by atoms with van der Waals surface area (Å²) >= 11 is 0. The lowest BCUT2D eigenvalue weighted by atomic mass is 10.0. The molecule has 2 aromatic carbocycles. The Morgan fingerprint density at radius 2 is 1.79 bits per heavy atom. The number of aromatic amines is 1. The SMILES string of the molecule is COc1ccc(NC(=O)c2cccc(-c3n[nH]cc3-c3ccncc3)c2)cc1. The Kier molecular flexibility index (Phi) is 4.84. The largest absolute Gasteiger partial charge is 0.497 e. The first kappa shape index (κ1) is 17.5. The van der Waals surface area contributed by atoms with Gasteiger partial charge in [0.05, 0.1) is 12.8 Å². The number of hydrogen-bond donors (Lipinski definition) is 2. The van der Waals surface area contributed by atoms with E-state index in [1.54, 1.807) is 49.8 Å². The molecule has 0 aliphatic rings. The van der Waals surface area contributed by atoms with Crippen molar-refractivity contribution >= 4 is 11.6 Å². The van der Waals surface area contributed by atoms with Gasteiger partial charge in [0, 0.05) is 41.0 Å². The fourth-order valence-corrected chi connectivity index (χ4v) is 2.95. The van der Waals surface area contributed by atoms with E-state index in [9.17, 15) is 4.79 Å². The third-order valence-electron chi connectivity index (χ3n) is 4.38. The van der Waals surface area contributed by atoms with Gasteiger partial charge >= 0.3 is 0 Å². The summed E-state index contributed by atoms with van der Waals surface area (Å²) in [5.74, 6) is 0.551. The van der Waals surface area contributed by atoms with Crippen LogP contribution in [0.5, 0.6) is 5.75 Å². The molecule has 0 aliphatic carbocycles. The second-order valence-electron chi connectivity index (χ2n) is 6.15. The van der Waals surface area contributed by atoms with Gasteiger partial charge in [-0.25, -0.2) is 0 Å². The van der Waals surface area contributed by atoms with Crippen LogP contribution in [0.3, 0.4) is 0 Å². The topological polar surface area (TPSA) is 79.9 Å². The van der Waals surface area contributed by atoms with Crippen molar-refractivity contribution in [3.63, 3.8) is 0 Å². The molecule has 6 nitrogen and oxygen atoms in total. The molecule has 0 radical (unpaired) electrons. The zero-order chi connectivity index (χ0) is 19.3. The van der Waals surface area contributed by atoms with E-state index >= 15 is 0 Å². The van der Waals surface area contributed by atoms with Crippen LogP contribution in [-0.4, -0.2) is 28.2 Å². The molecule has 0 bridgehead atoms. The lowest BCUT2D eigenvalue weighted by Gasteiger charge is -2.08. The van der Waals surface area contributed by atoms with Crippen molar-refractivity contribution in [2.75, 3.05) is 12.4 Å². The first-order valence-corrected chi connectivity index (χ1v) is 8.74. The second-order valence-corrected chi connectivity index (χ2v) is 6.15.